The van der Waals surface area contributed by atoms with Crippen molar-refractivity contribution in [2.75, 3.05) is 10.6 Å². The Bertz CT molecular complexity index is 1550. The molecule has 0 unspecified atom stereocenters. The van der Waals surface area contributed by atoms with Crippen molar-refractivity contribution in [1.82, 2.24) is 10.6 Å². The van der Waals surface area contributed by atoms with Crippen molar-refractivity contribution < 1.29 is 15.1 Å². The van der Waals surface area contributed by atoms with Crippen LogP contribution in [-0.2, 0) is 0 Å². The molecule has 0 saturated carbocycles. The molecular weight excluding hydrogens is 788 g/mol. The molecule has 2 amide bonds. The summed E-state index contributed by atoms with van der Waals surface area (Å²) in [4.78, 5) is 24.0. The summed E-state index contributed by atoms with van der Waals surface area (Å²) in [6, 6.07) is 18.8. The summed E-state index contributed by atoms with van der Waals surface area (Å²) in [6.07, 6.45) is 0. The van der Waals surface area contributed by atoms with Crippen LogP contribution in [0.2, 0.25) is 40.2 Å². The second kappa shape index (κ2) is 18.3. The third kappa shape index (κ3) is 12.2. The summed E-state index contributed by atoms with van der Waals surface area (Å²) in [6.45, 7) is 0. The number of hydrogen-bond acceptors (Lipinski definition) is 4. The van der Waals surface area contributed by atoms with Crippen molar-refractivity contribution in [2.24, 2.45) is 0 Å². The Morgan fingerprint density at radius 3 is 1.00 bits per heavy atom. The normalized spacial score (nSPS) is 9.96. The van der Waals surface area contributed by atoms with Crippen LogP contribution in [0, 0.1) is 0 Å². The predicted molar refractivity (Wildman–Crippen MR) is 197 cm³/mol. The van der Waals surface area contributed by atoms with Crippen LogP contribution < -0.4 is 21.3 Å². The molecule has 0 heterocycles. The van der Waals surface area contributed by atoms with Gasteiger partial charge < -0.3 is 16.1 Å². The first kappa shape index (κ1) is 39.1. The highest BCUT2D eigenvalue weighted by Gasteiger charge is 2.14. The highest BCUT2D eigenvalue weighted by molar-refractivity contribution is 7.80. The lowest BCUT2D eigenvalue weighted by Gasteiger charge is -2.12. The number of anilines is 2. The van der Waals surface area contributed by atoms with Gasteiger partial charge >= 0.3 is 0 Å². The quantitative estimate of drug-likeness (QED) is 0.153. The fourth-order valence-corrected chi connectivity index (χ4v) is 5.63. The van der Waals surface area contributed by atoms with Crippen molar-refractivity contribution in [1.29, 1.82) is 0 Å². The third-order valence-corrected chi connectivity index (χ3v) is 7.70. The average molecular weight is 806 g/mol. The second-order valence-electron chi connectivity index (χ2n) is 8.32. The largest absolute Gasteiger partial charge is 0.412 e. The van der Waals surface area contributed by atoms with Gasteiger partial charge in [-0.25, -0.2) is 0 Å². The van der Waals surface area contributed by atoms with Crippen molar-refractivity contribution >= 4 is 151 Å². The zero-order valence-corrected chi connectivity index (χ0v) is 29.8. The van der Waals surface area contributed by atoms with E-state index in [1.165, 1.54) is 24.3 Å². The minimum atomic E-state index is -0.379. The Morgan fingerprint density at radius 1 is 0.467 bits per heavy atom. The highest BCUT2D eigenvalue weighted by atomic mass is 35.5. The molecule has 4 aromatic carbocycles. The molecule has 0 aliphatic rings. The smallest absolute Gasteiger partial charge is 0.257 e. The fourth-order valence-electron chi connectivity index (χ4n) is 3.17. The van der Waals surface area contributed by atoms with E-state index in [1.807, 2.05) is 0 Å². The molecule has 7 nitrogen and oxygen atoms in total. The number of carbonyl (C=O) groups is 2. The maximum absolute atomic E-state index is 12.0. The number of hydrogen-bond donors (Lipinski definition) is 4. The lowest BCUT2D eigenvalue weighted by Crippen LogP contribution is -2.34. The minimum Gasteiger partial charge on any atom is -0.412 e. The topological polar surface area (TPSA) is 114 Å². The van der Waals surface area contributed by atoms with E-state index in [1.54, 1.807) is 48.5 Å². The monoisotopic (exact) mass is 802 g/mol. The molecule has 6 N–H and O–H groups in total. The van der Waals surface area contributed by atoms with Gasteiger partial charge in [0.2, 0.25) is 0 Å². The minimum absolute atomic E-state index is 0. The van der Waals surface area contributed by atoms with Crippen molar-refractivity contribution in [3.05, 3.63) is 124 Å². The molecular formula is C28H18Cl8N4O3S2. The van der Waals surface area contributed by atoms with Gasteiger partial charge in [0.05, 0.1) is 31.5 Å². The number of thiocarbonyl (C=S) groups is 2. The van der Waals surface area contributed by atoms with E-state index >= 15 is 0 Å². The SMILES string of the molecule is O.O=C(NC(=S)Nc1c(Cl)cc(Cl)cc1Cl)c1ccc(Cl)cc1.O=C(NC(=S)Nc1c(Cl)cc(Cl)cc1Cl)c1ccc(Cl)cc1. The Balaban J connectivity index is 0.000000307. The Labute approximate surface area is 308 Å². The van der Waals surface area contributed by atoms with Gasteiger partial charge in [0.25, 0.3) is 11.8 Å². The fraction of sp³-hybridized carbons (Fsp3) is 0. The first-order valence-corrected chi connectivity index (χ1v) is 15.6. The third-order valence-electron chi connectivity index (χ3n) is 5.16. The lowest BCUT2D eigenvalue weighted by atomic mass is 10.2. The van der Waals surface area contributed by atoms with Gasteiger partial charge in [0.15, 0.2) is 10.2 Å². The van der Waals surface area contributed by atoms with Gasteiger partial charge in [-0.3, -0.25) is 20.2 Å². The van der Waals surface area contributed by atoms with Crippen LogP contribution in [0.1, 0.15) is 20.7 Å². The van der Waals surface area contributed by atoms with Gasteiger partial charge in [-0.15, -0.1) is 0 Å². The number of carbonyl (C=O) groups excluding carboxylic acids is 2. The summed E-state index contributed by atoms with van der Waals surface area (Å²) in [5.74, 6) is -0.759. The van der Waals surface area contributed by atoms with E-state index in [0.29, 0.717) is 62.7 Å². The summed E-state index contributed by atoms with van der Waals surface area (Å²) in [5.41, 5.74) is 1.58. The average Bonchev–Trinajstić information content (AvgIpc) is 2.93. The van der Waals surface area contributed by atoms with Gasteiger partial charge in [-0.05, 0) is 97.2 Å². The molecule has 0 aliphatic heterocycles. The van der Waals surface area contributed by atoms with Crippen LogP contribution in [0.3, 0.4) is 0 Å². The number of rotatable bonds is 4. The second-order valence-corrected chi connectivity index (χ2v) is 12.5. The predicted octanol–water partition coefficient (Wildman–Crippen LogP) is 10.0. The van der Waals surface area contributed by atoms with E-state index < -0.39 is 0 Å². The van der Waals surface area contributed by atoms with E-state index in [2.05, 4.69) is 21.3 Å². The van der Waals surface area contributed by atoms with E-state index in [-0.39, 0.29) is 27.5 Å². The van der Waals surface area contributed by atoms with Crippen molar-refractivity contribution in [3.63, 3.8) is 0 Å². The van der Waals surface area contributed by atoms with E-state index in [4.69, 9.17) is 117 Å². The lowest BCUT2D eigenvalue weighted by molar-refractivity contribution is 0.0969. The standard InChI is InChI=1S/2C14H8Cl4N2OS.H2O/c2*15-8-3-1-7(2-4-8)13(21)20-14(22)19-12-10(17)5-9(16)6-11(12)18;/h2*1-6H,(H2,19,20,21,22);1H2. The number of halogens is 8. The van der Waals surface area contributed by atoms with Gasteiger partial charge in [-0.1, -0.05) is 92.8 Å². The van der Waals surface area contributed by atoms with Crippen molar-refractivity contribution in [2.45, 2.75) is 0 Å². The molecule has 0 fully saturated rings. The van der Waals surface area contributed by atoms with Crippen LogP contribution in [-0.4, -0.2) is 27.5 Å². The molecule has 236 valence electrons. The molecule has 0 bridgehead atoms. The molecule has 0 radical (unpaired) electrons. The van der Waals surface area contributed by atoms with Crippen molar-refractivity contribution in [3.8, 4) is 0 Å². The maximum Gasteiger partial charge on any atom is 0.257 e. The van der Waals surface area contributed by atoms with E-state index in [9.17, 15) is 9.59 Å². The van der Waals surface area contributed by atoms with Crippen LogP contribution in [0.25, 0.3) is 0 Å². The van der Waals surface area contributed by atoms with Gasteiger partial charge in [0.1, 0.15) is 0 Å². The molecule has 0 aliphatic carbocycles. The molecule has 17 heteroatoms. The Hall–Kier alpha value is -2.12. The summed E-state index contributed by atoms with van der Waals surface area (Å²) < 4.78 is 0. The first-order chi connectivity index (χ1) is 20.7. The number of nitrogens with one attached hydrogen (secondary N) is 4. The summed E-state index contributed by atoms with van der Waals surface area (Å²) in [7, 11) is 0. The molecule has 0 saturated heterocycles. The molecule has 45 heavy (non-hydrogen) atoms. The van der Waals surface area contributed by atoms with Crippen LogP contribution in [0.4, 0.5) is 11.4 Å². The number of benzene rings is 4. The van der Waals surface area contributed by atoms with E-state index in [0.717, 1.165) is 0 Å². The Kier molecular flexibility index (Phi) is 15.9. The molecule has 4 aromatic rings. The zero-order chi connectivity index (χ0) is 32.6. The maximum atomic E-state index is 12.0. The molecule has 0 aromatic heterocycles. The Morgan fingerprint density at radius 2 is 0.733 bits per heavy atom. The molecule has 4 rings (SSSR count). The zero-order valence-electron chi connectivity index (χ0n) is 22.1. The summed E-state index contributed by atoms with van der Waals surface area (Å²) >= 11 is 57.5. The number of amides is 2. The molecule has 0 atom stereocenters. The first-order valence-electron chi connectivity index (χ1n) is 11.8. The molecule has 0 spiro atoms. The summed E-state index contributed by atoms with van der Waals surface area (Å²) in [5, 5.41) is 13.7. The van der Waals surface area contributed by atoms with Gasteiger partial charge in [-0.2, -0.15) is 0 Å². The van der Waals surface area contributed by atoms with Crippen LogP contribution in [0.15, 0.2) is 72.8 Å². The van der Waals surface area contributed by atoms with Crippen LogP contribution in [0.5, 0.6) is 0 Å². The highest BCUT2D eigenvalue weighted by Crippen LogP contribution is 2.34. The van der Waals surface area contributed by atoms with Gasteiger partial charge in [0, 0.05) is 31.2 Å². The van der Waals surface area contributed by atoms with Crippen LogP contribution >= 0.6 is 117 Å².